The van der Waals surface area contributed by atoms with Crippen LogP contribution in [-0.4, -0.2) is 41.1 Å². The lowest BCUT2D eigenvalue weighted by Crippen LogP contribution is -2.45. The first kappa shape index (κ1) is 28.1. The standard InChI is InChI=1S/C23H50O3Si2/c1-19(18-24)17-20(2)21(26-28(11,12)23(6,7)8)15-13-14-16-25-27(9,10)22(3,4)5/h17,20-21,24H,13-16,18H2,1-12H3/b19-17+/t20-,21-/m0/s1. The third-order valence-electron chi connectivity index (χ3n) is 6.79. The van der Waals surface area contributed by atoms with E-state index in [0.29, 0.717) is 5.92 Å². The first-order valence-corrected chi connectivity index (χ1v) is 16.9. The van der Waals surface area contributed by atoms with E-state index in [4.69, 9.17) is 8.85 Å². The van der Waals surface area contributed by atoms with Gasteiger partial charge in [-0.1, -0.05) is 60.1 Å². The van der Waals surface area contributed by atoms with Crippen molar-refractivity contribution in [3.63, 3.8) is 0 Å². The van der Waals surface area contributed by atoms with Crippen LogP contribution < -0.4 is 0 Å². The van der Waals surface area contributed by atoms with Gasteiger partial charge in [0.25, 0.3) is 0 Å². The fraction of sp³-hybridized carbons (Fsp3) is 0.913. The van der Waals surface area contributed by atoms with Crippen LogP contribution in [0.2, 0.25) is 36.3 Å². The zero-order chi connectivity index (χ0) is 22.4. The summed E-state index contributed by atoms with van der Waals surface area (Å²) in [7, 11) is -3.49. The molecule has 0 unspecified atom stereocenters. The molecule has 0 aliphatic carbocycles. The second-order valence-electron chi connectivity index (χ2n) is 11.6. The summed E-state index contributed by atoms with van der Waals surface area (Å²) in [6.07, 6.45) is 5.63. The molecule has 168 valence electrons. The smallest absolute Gasteiger partial charge is 0.192 e. The van der Waals surface area contributed by atoms with E-state index in [1.807, 2.05) is 6.92 Å². The molecule has 0 aromatic rings. The van der Waals surface area contributed by atoms with Gasteiger partial charge in [-0.3, -0.25) is 0 Å². The Morgan fingerprint density at radius 2 is 1.43 bits per heavy atom. The largest absolute Gasteiger partial charge is 0.417 e. The Morgan fingerprint density at radius 3 is 1.86 bits per heavy atom. The van der Waals surface area contributed by atoms with Crippen LogP contribution in [0.1, 0.15) is 74.7 Å². The Labute approximate surface area is 178 Å². The first-order valence-electron chi connectivity index (χ1n) is 11.0. The van der Waals surface area contributed by atoms with Crippen LogP contribution in [0.3, 0.4) is 0 Å². The zero-order valence-electron chi connectivity index (χ0n) is 21.0. The molecule has 2 atom stereocenters. The van der Waals surface area contributed by atoms with Crippen molar-refractivity contribution in [2.75, 3.05) is 13.2 Å². The van der Waals surface area contributed by atoms with Gasteiger partial charge in [0.15, 0.2) is 16.6 Å². The van der Waals surface area contributed by atoms with Gasteiger partial charge in [0.1, 0.15) is 0 Å². The maximum absolute atomic E-state index is 9.40. The summed E-state index contributed by atoms with van der Waals surface area (Å²) in [5.41, 5.74) is 1.03. The topological polar surface area (TPSA) is 38.7 Å². The van der Waals surface area contributed by atoms with Crippen molar-refractivity contribution >= 4 is 16.6 Å². The zero-order valence-corrected chi connectivity index (χ0v) is 23.0. The van der Waals surface area contributed by atoms with Gasteiger partial charge >= 0.3 is 0 Å². The average molecular weight is 431 g/mol. The highest BCUT2D eigenvalue weighted by molar-refractivity contribution is 6.74. The SMILES string of the molecule is C/C(=C\[C@H](C)[C@H](CCCCO[Si](C)(C)C(C)(C)C)O[Si](C)(C)C(C)(C)C)CO. The molecule has 0 spiro atoms. The predicted octanol–water partition coefficient (Wildman–Crippen LogP) is 7.14. The Bertz CT molecular complexity index is 485. The van der Waals surface area contributed by atoms with Gasteiger partial charge in [-0.25, -0.2) is 0 Å². The Kier molecular flexibility index (Phi) is 10.9. The third-order valence-corrected chi connectivity index (χ3v) is 15.8. The fourth-order valence-electron chi connectivity index (χ4n) is 2.58. The van der Waals surface area contributed by atoms with Gasteiger partial charge in [0, 0.05) is 6.61 Å². The molecule has 0 aromatic carbocycles. The molecule has 28 heavy (non-hydrogen) atoms. The monoisotopic (exact) mass is 430 g/mol. The van der Waals surface area contributed by atoms with Gasteiger partial charge in [0.2, 0.25) is 0 Å². The van der Waals surface area contributed by atoms with Crippen molar-refractivity contribution in [3.05, 3.63) is 11.6 Å². The third kappa shape index (κ3) is 9.25. The van der Waals surface area contributed by atoms with E-state index < -0.39 is 16.6 Å². The van der Waals surface area contributed by atoms with Crippen molar-refractivity contribution in [3.8, 4) is 0 Å². The quantitative estimate of drug-likeness (QED) is 0.215. The number of hydrogen-bond acceptors (Lipinski definition) is 3. The Hall–Kier alpha value is 0.0538. The number of unbranched alkanes of at least 4 members (excludes halogenated alkanes) is 1. The minimum absolute atomic E-state index is 0.123. The molecule has 0 saturated heterocycles. The van der Waals surface area contributed by atoms with Crippen molar-refractivity contribution in [1.82, 2.24) is 0 Å². The summed E-state index contributed by atoms with van der Waals surface area (Å²) >= 11 is 0. The minimum atomic E-state index is -1.83. The Morgan fingerprint density at radius 1 is 0.929 bits per heavy atom. The van der Waals surface area contributed by atoms with Crippen LogP contribution >= 0.6 is 0 Å². The van der Waals surface area contributed by atoms with E-state index in [1.165, 1.54) is 0 Å². The van der Waals surface area contributed by atoms with Crippen molar-refractivity contribution in [1.29, 1.82) is 0 Å². The summed E-state index contributed by atoms with van der Waals surface area (Å²) < 4.78 is 13.1. The number of rotatable bonds is 11. The van der Waals surface area contributed by atoms with Crippen molar-refractivity contribution in [2.45, 2.75) is 117 Å². The molecule has 0 heterocycles. The molecule has 0 aliphatic rings. The van der Waals surface area contributed by atoms with Gasteiger partial charge in [-0.15, -0.1) is 0 Å². The lowest BCUT2D eigenvalue weighted by Gasteiger charge is -2.41. The van der Waals surface area contributed by atoms with Crippen LogP contribution in [0.4, 0.5) is 0 Å². The number of aliphatic hydroxyl groups excluding tert-OH is 1. The molecule has 3 nitrogen and oxygen atoms in total. The summed E-state index contributed by atoms with van der Waals surface area (Å²) in [5, 5.41) is 9.87. The van der Waals surface area contributed by atoms with E-state index in [9.17, 15) is 5.11 Å². The first-order chi connectivity index (χ1) is 12.4. The molecule has 5 heteroatoms. The summed E-state index contributed by atoms with van der Waals surface area (Å²) in [5.74, 6) is 0.308. The van der Waals surface area contributed by atoms with E-state index in [0.717, 1.165) is 31.4 Å². The average Bonchev–Trinajstić information content (AvgIpc) is 2.50. The van der Waals surface area contributed by atoms with Crippen LogP contribution in [0, 0.1) is 5.92 Å². The maximum atomic E-state index is 9.40. The highest BCUT2D eigenvalue weighted by Crippen LogP contribution is 2.39. The van der Waals surface area contributed by atoms with Gasteiger partial charge in [-0.05, 0) is 68.4 Å². The van der Waals surface area contributed by atoms with Crippen LogP contribution in [-0.2, 0) is 8.85 Å². The molecule has 0 rings (SSSR count). The highest BCUT2D eigenvalue weighted by atomic mass is 28.4. The van der Waals surface area contributed by atoms with Crippen LogP contribution in [0.5, 0.6) is 0 Å². The minimum Gasteiger partial charge on any atom is -0.417 e. The highest BCUT2D eigenvalue weighted by Gasteiger charge is 2.40. The molecule has 0 fully saturated rings. The Balaban J connectivity index is 4.92. The van der Waals surface area contributed by atoms with Crippen LogP contribution in [0.15, 0.2) is 11.6 Å². The molecular weight excluding hydrogens is 380 g/mol. The predicted molar refractivity (Wildman–Crippen MR) is 129 cm³/mol. The molecule has 0 aromatic heterocycles. The number of aliphatic hydroxyl groups is 1. The van der Waals surface area contributed by atoms with E-state index in [1.54, 1.807) is 0 Å². The molecular formula is C23H50O3Si2. The lowest BCUT2D eigenvalue weighted by molar-refractivity contribution is 0.130. The van der Waals surface area contributed by atoms with E-state index >= 15 is 0 Å². The molecule has 0 bridgehead atoms. The second-order valence-corrected chi connectivity index (χ2v) is 21.1. The van der Waals surface area contributed by atoms with Crippen LogP contribution in [0.25, 0.3) is 0 Å². The fourth-order valence-corrected chi connectivity index (χ4v) is 5.12. The summed E-state index contributed by atoms with van der Waals surface area (Å²) in [6, 6.07) is 0. The van der Waals surface area contributed by atoms with Crippen molar-refractivity contribution in [2.24, 2.45) is 5.92 Å². The molecule has 0 aliphatic heterocycles. The lowest BCUT2D eigenvalue weighted by atomic mass is 9.97. The number of hydrogen-bond donors (Lipinski definition) is 1. The van der Waals surface area contributed by atoms with Crippen molar-refractivity contribution < 1.29 is 14.0 Å². The summed E-state index contributed by atoms with van der Waals surface area (Å²) in [4.78, 5) is 0. The van der Waals surface area contributed by atoms with E-state index in [-0.39, 0.29) is 22.8 Å². The summed E-state index contributed by atoms with van der Waals surface area (Å²) in [6.45, 7) is 28.2. The van der Waals surface area contributed by atoms with E-state index in [2.05, 4.69) is 80.7 Å². The van der Waals surface area contributed by atoms with Gasteiger partial charge < -0.3 is 14.0 Å². The molecule has 1 N–H and O–H groups in total. The molecule has 0 radical (unpaired) electrons. The molecule has 0 saturated carbocycles. The maximum Gasteiger partial charge on any atom is 0.192 e. The van der Waals surface area contributed by atoms with Gasteiger partial charge in [-0.2, -0.15) is 0 Å². The molecule has 0 amide bonds. The normalized spacial score (nSPS) is 17.0. The van der Waals surface area contributed by atoms with Gasteiger partial charge in [0.05, 0.1) is 12.7 Å². The second kappa shape index (κ2) is 10.9.